The highest BCUT2D eigenvalue weighted by Gasteiger charge is 2.11. The zero-order valence-electron chi connectivity index (χ0n) is 9.40. The second-order valence-corrected chi connectivity index (χ2v) is 3.96. The molecule has 0 aliphatic heterocycles. The molecule has 2 rings (SSSR count). The molecule has 1 aromatic carbocycles. The van der Waals surface area contributed by atoms with Gasteiger partial charge in [-0.2, -0.15) is 0 Å². The molecule has 0 atom stereocenters. The second kappa shape index (κ2) is 4.15. The quantitative estimate of drug-likeness (QED) is 0.824. The third kappa shape index (κ3) is 1.77. The van der Waals surface area contributed by atoms with Gasteiger partial charge in [-0.05, 0) is 23.8 Å². The predicted molar refractivity (Wildman–Crippen MR) is 62.4 cm³/mol. The molecular weight excluding hydrogens is 206 g/mol. The van der Waals surface area contributed by atoms with Gasteiger partial charge >= 0.3 is 0 Å². The number of anilines is 1. The van der Waals surface area contributed by atoms with E-state index in [1.165, 1.54) is 0 Å². The van der Waals surface area contributed by atoms with Crippen LogP contribution in [0.3, 0.4) is 0 Å². The molecule has 0 saturated carbocycles. The summed E-state index contributed by atoms with van der Waals surface area (Å²) in [6, 6.07) is 5.54. The second-order valence-electron chi connectivity index (χ2n) is 3.96. The van der Waals surface area contributed by atoms with Crippen molar-refractivity contribution in [1.82, 2.24) is 0 Å². The minimum absolute atomic E-state index is 0.00355. The minimum Gasteiger partial charge on any atom is -0.456 e. The zero-order chi connectivity index (χ0) is 11.7. The zero-order valence-corrected chi connectivity index (χ0v) is 9.40. The average Bonchev–Trinajstić information content (AvgIpc) is 2.69. The van der Waals surface area contributed by atoms with Gasteiger partial charge in [-0.25, -0.2) is 0 Å². The van der Waals surface area contributed by atoms with E-state index < -0.39 is 0 Å². The largest absolute Gasteiger partial charge is 0.456 e. The van der Waals surface area contributed by atoms with Crippen LogP contribution in [0.15, 0.2) is 22.6 Å². The first kappa shape index (κ1) is 11.0. The molecule has 0 unspecified atom stereocenters. The highest BCUT2D eigenvalue weighted by atomic mass is 16.4. The Hall–Kier alpha value is -1.52. The van der Waals surface area contributed by atoms with Crippen LogP contribution in [0.2, 0.25) is 0 Å². The molecule has 1 heterocycles. The lowest BCUT2D eigenvalue weighted by atomic mass is 10.1. The average molecular weight is 221 g/mol. The molecule has 0 fully saturated rings. The van der Waals surface area contributed by atoms with E-state index in [0.29, 0.717) is 5.76 Å². The van der Waals surface area contributed by atoms with Crippen LogP contribution in [0.4, 0.5) is 5.69 Å². The summed E-state index contributed by atoms with van der Waals surface area (Å²) >= 11 is 0. The van der Waals surface area contributed by atoms with Gasteiger partial charge in [-0.3, -0.25) is 0 Å². The SMILES string of the molecule is CN(C)c1cc(CO)cc2cc(CO)oc12. The molecule has 4 heteroatoms. The van der Waals surface area contributed by atoms with E-state index in [1.54, 1.807) is 6.07 Å². The van der Waals surface area contributed by atoms with Crippen molar-refractivity contribution in [2.24, 2.45) is 0 Å². The Bertz CT molecular complexity index is 502. The van der Waals surface area contributed by atoms with E-state index in [2.05, 4.69) is 0 Å². The van der Waals surface area contributed by atoms with Crippen molar-refractivity contribution >= 4 is 16.7 Å². The van der Waals surface area contributed by atoms with Gasteiger partial charge in [-0.15, -0.1) is 0 Å². The molecule has 0 radical (unpaired) electrons. The van der Waals surface area contributed by atoms with Crippen LogP contribution in [0, 0.1) is 0 Å². The van der Waals surface area contributed by atoms with Crippen LogP contribution >= 0.6 is 0 Å². The topological polar surface area (TPSA) is 56.8 Å². The van der Waals surface area contributed by atoms with Crippen molar-refractivity contribution in [3.63, 3.8) is 0 Å². The Morgan fingerprint density at radius 2 is 1.88 bits per heavy atom. The Morgan fingerprint density at radius 3 is 2.44 bits per heavy atom. The third-order valence-corrected chi connectivity index (χ3v) is 2.53. The molecular formula is C12H15NO3. The number of aliphatic hydroxyl groups is 2. The van der Waals surface area contributed by atoms with Gasteiger partial charge in [0.05, 0.1) is 12.3 Å². The van der Waals surface area contributed by atoms with Gasteiger partial charge in [0.2, 0.25) is 0 Å². The van der Waals surface area contributed by atoms with Gasteiger partial charge in [0, 0.05) is 19.5 Å². The lowest BCUT2D eigenvalue weighted by Crippen LogP contribution is -2.09. The van der Waals surface area contributed by atoms with Crippen molar-refractivity contribution in [2.75, 3.05) is 19.0 Å². The van der Waals surface area contributed by atoms with Crippen LogP contribution in [-0.2, 0) is 13.2 Å². The molecule has 1 aromatic heterocycles. The van der Waals surface area contributed by atoms with Crippen molar-refractivity contribution < 1.29 is 14.6 Å². The molecule has 0 bridgehead atoms. The number of hydrogen-bond donors (Lipinski definition) is 2. The number of hydrogen-bond acceptors (Lipinski definition) is 4. The van der Waals surface area contributed by atoms with Crippen LogP contribution in [0.25, 0.3) is 11.0 Å². The van der Waals surface area contributed by atoms with Crippen LogP contribution < -0.4 is 4.90 Å². The summed E-state index contributed by atoms with van der Waals surface area (Å²) in [5.74, 6) is 0.535. The summed E-state index contributed by atoms with van der Waals surface area (Å²) in [4.78, 5) is 1.92. The van der Waals surface area contributed by atoms with Gasteiger partial charge in [0.15, 0.2) is 5.58 Å². The first-order chi connectivity index (χ1) is 7.65. The van der Waals surface area contributed by atoms with Gasteiger partial charge in [0.25, 0.3) is 0 Å². The number of benzene rings is 1. The highest BCUT2D eigenvalue weighted by molar-refractivity contribution is 5.90. The summed E-state index contributed by atoms with van der Waals surface area (Å²) in [6.07, 6.45) is 0. The summed E-state index contributed by atoms with van der Waals surface area (Å²) in [6.45, 7) is -0.119. The number of nitrogens with zero attached hydrogens (tertiary/aromatic N) is 1. The van der Waals surface area contributed by atoms with Crippen molar-refractivity contribution in [1.29, 1.82) is 0 Å². The number of rotatable bonds is 3. The standard InChI is InChI=1S/C12H15NO3/c1-13(2)11-4-8(6-14)3-9-5-10(7-15)16-12(9)11/h3-5,14-15H,6-7H2,1-2H3. The van der Waals surface area contributed by atoms with E-state index >= 15 is 0 Å². The maximum atomic E-state index is 9.17. The molecule has 4 nitrogen and oxygen atoms in total. The first-order valence-electron chi connectivity index (χ1n) is 5.10. The highest BCUT2D eigenvalue weighted by Crippen LogP contribution is 2.30. The van der Waals surface area contributed by atoms with Crippen molar-refractivity contribution in [3.05, 3.63) is 29.5 Å². The van der Waals surface area contributed by atoms with E-state index in [9.17, 15) is 0 Å². The predicted octanol–water partition coefficient (Wildman–Crippen LogP) is 1.48. The van der Waals surface area contributed by atoms with E-state index in [4.69, 9.17) is 14.6 Å². The van der Waals surface area contributed by atoms with E-state index in [-0.39, 0.29) is 13.2 Å². The van der Waals surface area contributed by atoms with E-state index in [0.717, 1.165) is 22.2 Å². The third-order valence-electron chi connectivity index (χ3n) is 2.53. The summed E-state index contributed by atoms with van der Waals surface area (Å²) in [5, 5.41) is 19.1. The maximum absolute atomic E-state index is 9.17. The molecule has 16 heavy (non-hydrogen) atoms. The molecule has 0 aliphatic rings. The first-order valence-corrected chi connectivity index (χ1v) is 5.10. The van der Waals surface area contributed by atoms with Crippen LogP contribution in [0.1, 0.15) is 11.3 Å². The monoisotopic (exact) mass is 221 g/mol. The molecule has 86 valence electrons. The summed E-state index contributed by atoms with van der Waals surface area (Å²) in [5.41, 5.74) is 2.48. The number of fused-ring (bicyclic) bond motifs is 1. The van der Waals surface area contributed by atoms with E-state index in [1.807, 2.05) is 31.1 Å². The summed E-state index contributed by atoms with van der Waals surface area (Å²) < 4.78 is 5.54. The van der Waals surface area contributed by atoms with Crippen LogP contribution in [-0.4, -0.2) is 24.3 Å². The number of furan rings is 1. The molecule has 0 aliphatic carbocycles. The summed E-state index contributed by atoms with van der Waals surface area (Å²) in [7, 11) is 3.83. The smallest absolute Gasteiger partial charge is 0.157 e. The Balaban J connectivity index is 2.69. The van der Waals surface area contributed by atoms with Gasteiger partial charge in [-0.1, -0.05) is 0 Å². The minimum atomic E-state index is -0.115. The fraction of sp³-hybridized carbons (Fsp3) is 0.333. The van der Waals surface area contributed by atoms with Crippen molar-refractivity contribution in [2.45, 2.75) is 13.2 Å². The fourth-order valence-electron chi connectivity index (χ4n) is 1.75. The molecule has 0 amide bonds. The normalized spacial score (nSPS) is 11.0. The lowest BCUT2D eigenvalue weighted by Gasteiger charge is -2.13. The Kier molecular flexibility index (Phi) is 2.85. The number of aliphatic hydroxyl groups excluding tert-OH is 2. The van der Waals surface area contributed by atoms with Gasteiger partial charge in [0.1, 0.15) is 12.4 Å². The lowest BCUT2D eigenvalue weighted by molar-refractivity contribution is 0.251. The van der Waals surface area contributed by atoms with Gasteiger partial charge < -0.3 is 19.5 Å². The Morgan fingerprint density at radius 1 is 1.12 bits per heavy atom. The molecule has 0 saturated heterocycles. The molecule has 2 aromatic rings. The molecule has 2 N–H and O–H groups in total. The van der Waals surface area contributed by atoms with Crippen molar-refractivity contribution in [3.8, 4) is 0 Å². The maximum Gasteiger partial charge on any atom is 0.157 e. The fourth-order valence-corrected chi connectivity index (χ4v) is 1.75. The Labute approximate surface area is 93.7 Å². The van der Waals surface area contributed by atoms with Crippen LogP contribution in [0.5, 0.6) is 0 Å². The molecule has 0 spiro atoms.